The van der Waals surface area contributed by atoms with E-state index in [2.05, 4.69) is 15.4 Å². The van der Waals surface area contributed by atoms with Gasteiger partial charge in [-0.3, -0.25) is 9.48 Å². The first-order valence-corrected chi connectivity index (χ1v) is 10.2. The van der Waals surface area contributed by atoms with E-state index in [0.29, 0.717) is 28.3 Å². The molecule has 0 unspecified atom stereocenters. The number of anilines is 2. The lowest BCUT2D eigenvalue weighted by Gasteiger charge is -2.21. The number of benzene rings is 1. The molecule has 4 rings (SSSR count). The van der Waals surface area contributed by atoms with Gasteiger partial charge in [-0.25, -0.2) is 14.3 Å². The highest BCUT2D eigenvalue weighted by atomic mass is 16.6. The number of pyridine rings is 1. The Kier molecular flexibility index (Phi) is 5.30. The second-order valence-electron chi connectivity index (χ2n) is 8.60. The number of aryl methyl sites for hydroxylation is 1. The van der Waals surface area contributed by atoms with Gasteiger partial charge in [-0.15, -0.1) is 0 Å². The van der Waals surface area contributed by atoms with Crippen molar-refractivity contribution in [3.8, 4) is 11.3 Å². The number of nitrogens with zero attached hydrogens (tertiary/aromatic N) is 4. The largest absolute Gasteiger partial charge is 0.443 e. The van der Waals surface area contributed by atoms with Crippen LogP contribution < -0.4 is 5.32 Å². The predicted octanol–water partition coefficient (Wildman–Crippen LogP) is 5.17. The van der Waals surface area contributed by atoms with Crippen molar-refractivity contribution in [1.82, 2.24) is 19.3 Å². The van der Waals surface area contributed by atoms with Crippen LogP contribution in [0, 0.1) is 0 Å². The van der Waals surface area contributed by atoms with Gasteiger partial charge in [-0.2, -0.15) is 5.10 Å². The number of carbonyl (C=O) groups is 2. The summed E-state index contributed by atoms with van der Waals surface area (Å²) in [5.74, 6) is 0.456. The van der Waals surface area contributed by atoms with Crippen molar-refractivity contribution >= 4 is 34.3 Å². The van der Waals surface area contributed by atoms with Crippen LogP contribution in [0.15, 0.2) is 55.0 Å². The lowest BCUT2D eigenvalue weighted by Crippen LogP contribution is -2.27. The monoisotopic (exact) mass is 431 g/mol. The molecule has 0 amide bonds. The summed E-state index contributed by atoms with van der Waals surface area (Å²) in [6.07, 6.45) is 4.73. The van der Waals surface area contributed by atoms with E-state index in [1.165, 1.54) is 11.5 Å². The molecule has 1 aromatic carbocycles. The fourth-order valence-electron chi connectivity index (χ4n) is 3.48. The van der Waals surface area contributed by atoms with Crippen molar-refractivity contribution < 1.29 is 14.3 Å². The fourth-order valence-corrected chi connectivity index (χ4v) is 3.48. The van der Waals surface area contributed by atoms with Gasteiger partial charge in [0.1, 0.15) is 11.4 Å². The van der Waals surface area contributed by atoms with Gasteiger partial charge in [0.25, 0.3) is 0 Å². The first-order chi connectivity index (χ1) is 15.1. The number of ether oxygens (including phenoxy) is 1. The number of para-hydroxylation sites is 1. The third-order valence-electron chi connectivity index (χ3n) is 4.83. The molecule has 0 spiro atoms. The van der Waals surface area contributed by atoms with Gasteiger partial charge >= 0.3 is 6.09 Å². The summed E-state index contributed by atoms with van der Waals surface area (Å²) in [4.78, 5) is 29.6. The Morgan fingerprint density at radius 2 is 1.84 bits per heavy atom. The Morgan fingerprint density at radius 1 is 1.09 bits per heavy atom. The van der Waals surface area contributed by atoms with Crippen molar-refractivity contribution in [2.24, 2.45) is 7.05 Å². The number of ketones is 1. The van der Waals surface area contributed by atoms with Crippen LogP contribution >= 0.6 is 0 Å². The Labute approximate surface area is 185 Å². The standard InChI is InChI=1S/C24H25N5O3/c1-15(30)18-8-6-7-9-19(18)27-22-11-21-16(12-25-22)10-20(17-13-26-28(5)14-17)29(21)23(31)32-24(2,3)4/h6-14H,1-5H3,(H,25,27). The molecule has 164 valence electrons. The zero-order valence-electron chi connectivity index (χ0n) is 18.7. The maximum absolute atomic E-state index is 13.2. The molecule has 0 saturated carbocycles. The summed E-state index contributed by atoms with van der Waals surface area (Å²) < 4.78 is 8.89. The third-order valence-corrected chi connectivity index (χ3v) is 4.83. The van der Waals surface area contributed by atoms with E-state index in [0.717, 1.165) is 10.9 Å². The minimum absolute atomic E-state index is 0.0508. The van der Waals surface area contributed by atoms with Crippen molar-refractivity contribution in [3.05, 3.63) is 60.6 Å². The van der Waals surface area contributed by atoms with E-state index in [-0.39, 0.29) is 5.78 Å². The second-order valence-corrected chi connectivity index (χ2v) is 8.60. The molecule has 32 heavy (non-hydrogen) atoms. The molecule has 3 heterocycles. The topological polar surface area (TPSA) is 91.0 Å². The number of fused-ring (bicyclic) bond motifs is 1. The van der Waals surface area contributed by atoms with E-state index >= 15 is 0 Å². The number of nitrogens with one attached hydrogen (secondary N) is 1. The summed E-state index contributed by atoms with van der Waals surface area (Å²) in [6, 6.07) is 10.9. The number of Topliss-reactive ketones (excluding diaryl/α,β-unsaturated/α-hetero) is 1. The minimum Gasteiger partial charge on any atom is -0.443 e. The quantitative estimate of drug-likeness (QED) is 0.449. The summed E-state index contributed by atoms with van der Waals surface area (Å²) in [5.41, 5.74) is 2.63. The van der Waals surface area contributed by atoms with Crippen LogP contribution in [-0.4, -0.2) is 36.8 Å². The zero-order valence-corrected chi connectivity index (χ0v) is 18.7. The van der Waals surface area contributed by atoms with Crippen LogP contribution in [0.3, 0.4) is 0 Å². The van der Waals surface area contributed by atoms with Gasteiger partial charge in [0.2, 0.25) is 0 Å². The number of carbonyl (C=O) groups excluding carboxylic acids is 2. The van der Waals surface area contributed by atoms with Crippen LogP contribution in [0.4, 0.5) is 16.3 Å². The van der Waals surface area contributed by atoms with Crippen LogP contribution in [0.25, 0.3) is 22.2 Å². The smallest absolute Gasteiger partial charge is 0.419 e. The van der Waals surface area contributed by atoms with Gasteiger partial charge in [0.15, 0.2) is 5.78 Å². The highest BCUT2D eigenvalue weighted by Gasteiger charge is 2.24. The molecular weight excluding hydrogens is 406 g/mol. The van der Waals surface area contributed by atoms with Crippen LogP contribution in [-0.2, 0) is 11.8 Å². The summed E-state index contributed by atoms with van der Waals surface area (Å²) in [7, 11) is 1.82. The fraction of sp³-hybridized carbons (Fsp3) is 0.250. The minimum atomic E-state index is -0.658. The third kappa shape index (κ3) is 4.25. The lowest BCUT2D eigenvalue weighted by molar-refractivity contribution is 0.0547. The highest BCUT2D eigenvalue weighted by molar-refractivity contribution is 6.01. The summed E-state index contributed by atoms with van der Waals surface area (Å²) >= 11 is 0. The predicted molar refractivity (Wildman–Crippen MR) is 123 cm³/mol. The molecule has 0 saturated heterocycles. The van der Waals surface area contributed by atoms with Gasteiger partial charge in [0.05, 0.1) is 23.1 Å². The molecule has 4 aromatic rings. The molecule has 0 aliphatic heterocycles. The van der Waals surface area contributed by atoms with E-state index < -0.39 is 11.7 Å². The first-order valence-electron chi connectivity index (χ1n) is 10.2. The van der Waals surface area contributed by atoms with Crippen molar-refractivity contribution in [3.63, 3.8) is 0 Å². The molecular formula is C24H25N5O3. The Balaban J connectivity index is 1.84. The van der Waals surface area contributed by atoms with Crippen molar-refractivity contribution in [1.29, 1.82) is 0 Å². The summed E-state index contributed by atoms with van der Waals surface area (Å²) in [6.45, 7) is 7.00. The molecule has 0 aliphatic carbocycles. The molecule has 0 fully saturated rings. The maximum atomic E-state index is 13.2. The molecule has 0 atom stereocenters. The Bertz CT molecular complexity index is 1330. The van der Waals surface area contributed by atoms with Crippen molar-refractivity contribution in [2.75, 3.05) is 5.32 Å². The van der Waals surface area contributed by atoms with E-state index in [9.17, 15) is 9.59 Å². The first kappa shape index (κ1) is 21.3. The molecule has 0 bridgehead atoms. The Hall–Kier alpha value is -3.94. The molecule has 0 aliphatic rings. The van der Waals surface area contributed by atoms with Crippen LogP contribution in [0.5, 0.6) is 0 Å². The van der Waals surface area contributed by atoms with Crippen LogP contribution in [0.1, 0.15) is 38.1 Å². The number of hydrogen-bond acceptors (Lipinski definition) is 6. The molecule has 0 radical (unpaired) electrons. The average molecular weight is 431 g/mol. The number of rotatable bonds is 4. The van der Waals surface area contributed by atoms with E-state index in [1.54, 1.807) is 29.2 Å². The highest BCUT2D eigenvalue weighted by Crippen LogP contribution is 2.31. The number of hydrogen-bond donors (Lipinski definition) is 1. The van der Waals surface area contributed by atoms with Gasteiger partial charge in [-0.05, 0) is 45.9 Å². The second kappa shape index (κ2) is 7.96. The SMILES string of the molecule is CC(=O)c1ccccc1Nc1cc2c(cn1)cc(-c1cnn(C)c1)n2C(=O)OC(C)(C)C. The lowest BCUT2D eigenvalue weighted by atomic mass is 10.1. The van der Waals surface area contributed by atoms with Gasteiger partial charge in [0, 0.05) is 42.0 Å². The van der Waals surface area contributed by atoms with E-state index in [1.807, 2.05) is 58.3 Å². The normalized spacial score (nSPS) is 11.5. The molecule has 8 heteroatoms. The Morgan fingerprint density at radius 3 is 2.50 bits per heavy atom. The van der Waals surface area contributed by atoms with Gasteiger partial charge in [-0.1, -0.05) is 12.1 Å². The molecule has 8 nitrogen and oxygen atoms in total. The zero-order chi connectivity index (χ0) is 23.0. The average Bonchev–Trinajstić information content (AvgIpc) is 3.30. The maximum Gasteiger partial charge on any atom is 0.419 e. The number of aromatic nitrogens is 4. The van der Waals surface area contributed by atoms with Gasteiger partial charge < -0.3 is 10.1 Å². The molecule has 1 N–H and O–H groups in total. The molecule has 3 aromatic heterocycles. The van der Waals surface area contributed by atoms with Crippen molar-refractivity contribution in [2.45, 2.75) is 33.3 Å². The van der Waals surface area contributed by atoms with E-state index in [4.69, 9.17) is 4.74 Å². The van der Waals surface area contributed by atoms with Crippen LogP contribution in [0.2, 0.25) is 0 Å². The summed E-state index contributed by atoms with van der Waals surface area (Å²) in [5, 5.41) is 8.21.